The number of nitrogen functional groups attached to an aromatic ring is 4. The molecule has 0 spiro atoms. The van der Waals surface area contributed by atoms with Crippen LogP contribution in [0.3, 0.4) is 0 Å². The Kier molecular flexibility index (Phi) is 7.57. The molecule has 148 valence electrons. The Balaban J connectivity index is 0.000000200. The number of para-hydroxylation sites is 2. The first-order valence-electron chi connectivity index (χ1n) is 8.95. The topological polar surface area (TPSA) is 104 Å². The molecule has 4 aromatic carbocycles. The molecule has 0 saturated carbocycles. The quantitative estimate of drug-likeness (QED) is 0.348. The molecule has 0 radical (unpaired) electrons. The second-order valence-electron chi connectivity index (χ2n) is 6.42. The Hall–Kier alpha value is -3.57. The summed E-state index contributed by atoms with van der Waals surface area (Å²) in [5.74, 6) is 0. The van der Waals surface area contributed by atoms with Crippen molar-refractivity contribution in [1.29, 1.82) is 0 Å². The Morgan fingerprint density at radius 2 is 0.690 bits per heavy atom. The van der Waals surface area contributed by atoms with Crippen LogP contribution in [-0.4, -0.2) is 0 Å². The van der Waals surface area contributed by atoms with Crippen molar-refractivity contribution in [2.24, 2.45) is 0 Å². The van der Waals surface area contributed by atoms with Crippen molar-refractivity contribution < 1.29 is 0 Å². The summed E-state index contributed by atoms with van der Waals surface area (Å²) < 4.78 is 0. The van der Waals surface area contributed by atoms with Crippen LogP contribution in [0.15, 0.2) is 97.1 Å². The van der Waals surface area contributed by atoms with Gasteiger partial charge in [0.2, 0.25) is 0 Å². The standard InChI is InChI=1S/2C12H12N2.H2S/c2*13-10-7-5-9(6-8-10)11-3-1-2-4-12(11)14;/h2*1-8H,13-14H2;1H2. The molecule has 0 saturated heterocycles. The number of rotatable bonds is 2. The molecule has 5 heteroatoms. The lowest BCUT2D eigenvalue weighted by Crippen LogP contribution is -1.89. The molecule has 4 aromatic rings. The minimum atomic E-state index is 0. The van der Waals surface area contributed by atoms with E-state index in [-0.39, 0.29) is 13.5 Å². The third kappa shape index (κ3) is 5.70. The molecule has 4 nitrogen and oxygen atoms in total. The van der Waals surface area contributed by atoms with Crippen LogP contribution < -0.4 is 22.9 Å². The SMILES string of the molecule is Nc1ccc(-c2ccccc2N)cc1.Nc1ccc(-c2ccccc2N)cc1.S. The summed E-state index contributed by atoms with van der Waals surface area (Å²) in [5, 5.41) is 0. The zero-order chi connectivity index (χ0) is 19.9. The van der Waals surface area contributed by atoms with Gasteiger partial charge >= 0.3 is 0 Å². The Morgan fingerprint density at radius 3 is 1.00 bits per heavy atom. The van der Waals surface area contributed by atoms with E-state index in [1.54, 1.807) is 0 Å². The fraction of sp³-hybridized carbons (Fsp3) is 0. The van der Waals surface area contributed by atoms with E-state index in [0.717, 1.165) is 45.0 Å². The normalized spacial score (nSPS) is 9.66. The molecule has 0 atom stereocenters. The number of hydrogen-bond donors (Lipinski definition) is 4. The van der Waals surface area contributed by atoms with Crippen LogP contribution in [-0.2, 0) is 0 Å². The number of anilines is 4. The van der Waals surface area contributed by atoms with Gasteiger partial charge in [0, 0.05) is 33.9 Å². The van der Waals surface area contributed by atoms with Crippen LogP contribution in [0.4, 0.5) is 22.7 Å². The van der Waals surface area contributed by atoms with Crippen LogP contribution in [0.25, 0.3) is 22.3 Å². The molecule has 0 aliphatic carbocycles. The minimum absolute atomic E-state index is 0. The highest BCUT2D eigenvalue weighted by atomic mass is 32.1. The van der Waals surface area contributed by atoms with E-state index < -0.39 is 0 Å². The first kappa shape index (κ1) is 21.7. The lowest BCUT2D eigenvalue weighted by Gasteiger charge is -2.05. The van der Waals surface area contributed by atoms with Gasteiger partial charge in [-0.1, -0.05) is 60.7 Å². The molecule has 29 heavy (non-hydrogen) atoms. The zero-order valence-electron chi connectivity index (χ0n) is 16.0. The summed E-state index contributed by atoms with van der Waals surface area (Å²) in [4.78, 5) is 0. The van der Waals surface area contributed by atoms with Gasteiger partial charge in [0.1, 0.15) is 0 Å². The average Bonchev–Trinajstić information content (AvgIpc) is 2.71. The highest BCUT2D eigenvalue weighted by molar-refractivity contribution is 7.59. The van der Waals surface area contributed by atoms with E-state index in [0.29, 0.717) is 0 Å². The van der Waals surface area contributed by atoms with Crippen LogP contribution in [0.5, 0.6) is 0 Å². The second kappa shape index (κ2) is 10.1. The summed E-state index contributed by atoms with van der Waals surface area (Å²) in [7, 11) is 0. The van der Waals surface area contributed by atoms with E-state index in [4.69, 9.17) is 22.9 Å². The maximum Gasteiger partial charge on any atom is 0.0393 e. The summed E-state index contributed by atoms with van der Waals surface area (Å²) in [5.41, 5.74) is 30.3. The Bertz CT molecular complexity index is 958. The summed E-state index contributed by atoms with van der Waals surface area (Å²) in [6, 6.07) is 31.0. The molecule has 0 amide bonds. The Labute approximate surface area is 178 Å². The number of benzene rings is 4. The lowest BCUT2D eigenvalue weighted by atomic mass is 10.0. The molecular weight excluding hydrogens is 376 g/mol. The smallest absolute Gasteiger partial charge is 0.0393 e. The highest BCUT2D eigenvalue weighted by Crippen LogP contribution is 2.26. The second-order valence-corrected chi connectivity index (χ2v) is 6.42. The van der Waals surface area contributed by atoms with Crippen LogP contribution in [0, 0.1) is 0 Å². The average molecular weight is 403 g/mol. The van der Waals surface area contributed by atoms with E-state index in [1.165, 1.54) is 0 Å². The van der Waals surface area contributed by atoms with Gasteiger partial charge in [-0.2, -0.15) is 13.5 Å². The summed E-state index contributed by atoms with van der Waals surface area (Å²) in [6.45, 7) is 0. The van der Waals surface area contributed by atoms with E-state index in [9.17, 15) is 0 Å². The highest BCUT2D eigenvalue weighted by Gasteiger charge is 2.01. The van der Waals surface area contributed by atoms with Gasteiger partial charge in [-0.25, -0.2) is 0 Å². The summed E-state index contributed by atoms with van der Waals surface area (Å²) >= 11 is 0. The molecule has 4 rings (SSSR count). The van der Waals surface area contributed by atoms with Crippen LogP contribution in [0.2, 0.25) is 0 Å². The molecule has 0 heterocycles. The van der Waals surface area contributed by atoms with Crippen molar-refractivity contribution >= 4 is 36.2 Å². The number of hydrogen-bond acceptors (Lipinski definition) is 4. The maximum atomic E-state index is 5.86. The van der Waals surface area contributed by atoms with E-state index in [2.05, 4.69) is 0 Å². The van der Waals surface area contributed by atoms with E-state index >= 15 is 0 Å². The third-order valence-electron chi connectivity index (χ3n) is 4.36. The first-order valence-corrected chi connectivity index (χ1v) is 8.95. The molecular formula is C24H26N4S. The predicted molar refractivity (Wildman–Crippen MR) is 132 cm³/mol. The first-order chi connectivity index (χ1) is 13.5. The van der Waals surface area contributed by atoms with E-state index in [1.807, 2.05) is 97.1 Å². The molecule has 0 aromatic heterocycles. The maximum absolute atomic E-state index is 5.86. The van der Waals surface area contributed by atoms with Crippen molar-refractivity contribution in [3.05, 3.63) is 97.1 Å². The minimum Gasteiger partial charge on any atom is -0.399 e. The Morgan fingerprint density at radius 1 is 0.379 bits per heavy atom. The zero-order valence-corrected chi connectivity index (χ0v) is 17.0. The predicted octanol–water partition coefficient (Wildman–Crippen LogP) is 5.15. The van der Waals surface area contributed by atoms with Gasteiger partial charge in [-0.05, 0) is 47.5 Å². The molecule has 0 bridgehead atoms. The third-order valence-corrected chi connectivity index (χ3v) is 4.36. The van der Waals surface area contributed by atoms with Gasteiger partial charge in [0.15, 0.2) is 0 Å². The van der Waals surface area contributed by atoms with Gasteiger partial charge < -0.3 is 22.9 Å². The molecule has 0 unspecified atom stereocenters. The van der Waals surface area contributed by atoms with Crippen molar-refractivity contribution in [3.63, 3.8) is 0 Å². The lowest BCUT2D eigenvalue weighted by molar-refractivity contribution is 1.60. The van der Waals surface area contributed by atoms with Gasteiger partial charge in [-0.3, -0.25) is 0 Å². The van der Waals surface area contributed by atoms with Crippen molar-refractivity contribution in [2.75, 3.05) is 22.9 Å². The number of nitrogens with two attached hydrogens (primary N) is 4. The molecule has 0 aliphatic rings. The molecule has 0 aliphatic heterocycles. The van der Waals surface area contributed by atoms with Crippen molar-refractivity contribution in [2.45, 2.75) is 0 Å². The largest absolute Gasteiger partial charge is 0.399 e. The van der Waals surface area contributed by atoms with Crippen LogP contribution in [0.1, 0.15) is 0 Å². The van der Waals surface area contributed by atoms with Gasteiger partial charge in [0.05, 0.1) is 0 Å². The molecule has 0 fully saturated rings. The summed E-state index contributed by atoms with van der Waals surface area (Å²) in [6.07, 6.45) is 0. The molecule has 8 N–H and O–H groups in total. The fourth-order valence-corrected chi connectivity index (χ4v) is 2.85. The van der Waals surface area contributed by atoms with Crippen molar-refractivity contribution in [3.8, 4) is 22.3 Å². The monoisotopic (exact) mass is 402 g/mol. The van der Waals surface area contributed by atoms with Crippen LogP contribution >= 0.6 is 13.5 Å². The van der Waals surface area contributed by atoms with Gasteiger partial charge in [0.25, 0.3) is 0 Å². The van der Waals surface area contributed by atoms with Crippen molar-refractivity contribution in [1.82, 2.24) is 0 Å². The van der Waals surface area contributed by atoms with Gasteiger partial charge in [-0.15, -0.1) is 0 Å². The fourth-order valence-electron chi connectivity index (χ4n) is 2.85.